The van der Waals surface area contributed by atoms with Crippen molar-refractivity contribution in [3.05, 3.63) is 64.7 Å². The summed E-state index contributed by atoms with van der Waals surface area (Å²) in [6.45, 7) is 0.0643. The lowest BCUT2D eigenvalue weighted by molar-refractivity contribution is 0.0694. The number of hydrogen-bond donors (Lipinski definition) is 2. The monoisotopic (exact) mass is 310 g/mol. The first-order chi connectivity index (χ1) is 11.1. The fourth-order valence-electron chi connectivity index (χ4n) is 2.57. The van der Waals surface area contributed by atoms with Gasteiger partial charge < -0.3 is 14.8 Å². The number of hydrogen-bond acceptors (Lipinski definition) is 4. The van der Waals surface area contributed by atoms with E-state index in [1.54, 1.807) is 29.1 Å². The number of carbonyl (C=O) groups is 1. The molecule has 2 aromatic heterocycles. The first kappa shape index (κ1) is 14.9. The van der Waals surface area contributed by atoms with Crippen LogP contribution >= 0.6 is 0 Å². The molecule has 6 heteroatoms. The minimum absolute atomic E-state index is 0.150. The number of carboxylic acid groups (broad SMARTS) is 1. The second-order valence-electron chi connectivity index (χ2n) is 5.06. The van der Waals surface area contributed by atoms with Gasteiger partial charge in [0.05, 0.1) is 12.1 Å². The first-order valence-electron chi connectivity index (χ1n) is 7.03. The van der Waals surface area contributed by atoms with E-state index in [1.165, 1.54) is 6.20 Å². The molecule has 3 rings (SSSR count). The molecule has 2 heterocycles. The molecule has 0 aliphatic rings. The highest BCUT2D eigenvalue weighted by atomic mass is 16.4. The Labute approximate surface area is 131 Å². The van der Waals surface area contributed by atoms with Crippen LogP contribution in [0.4, 0.5) is 0 Å². The van der Waals surface area contributed by atoms with Crippen LogP contribution in [0.3, 0.4) is 0 Å². The van der Waals surface area contributed by atoms with Crippen LogP contribution in [0.15, 0.2) is 53.7 Å². The third kappa shape index (κ3) is 2.72. The summed E-state index contributed by atoms with van der Waals surface area (Å²) in [5, 5.41) is 18.7. The number of benzene rings is 1. The topological polar surface area (TPSA) is 92.4 Å². The van der Waals surface area contributed by atoms with Gasteiger partial charge in [0.15, 0.2) is 0 Å². The van der Waals surface area contributed by atoms with Gasteiger partial charge >= 0.3 is 5.97 Å². The molecular formula is C17H14N2O4. The highest BCUT2D eigenvalue weighted by Gasteiger charge is 2.15. The van der Waals surface area contributed by atoms with Gasteiger partial charge in [-0.05, 0) is 35.4 Å². The molecule has 2 N–H and O–H groups in total. The molecule has 0 saturated heterocycles. The fraction of sp³-hybridized carbons (Fsp3) is 0.118. The van der Waals surface area contributed by atoms with Crippen LogP contribution in [0, 0.1) is 0 Å². The number of aromatic nitrogens is 2. The lowest BCUT2D eigenvalue weighted by Gasteiger charge is -2.12. The van der Waals surface area contributed by atoms with Crippen LogP contribution < -0.4 is 5.43 Å². The number of aliphatic hydroxyl groups excluding tert-OH is 1. The summed E-state index contributed by atoms with van der Waals surface area (Å²) >= 11 is 0. The maximum atomic E-state index is 12.4. The Morgan fingerprint density at radius 3 is 2.52 bits per heavy atom. The highest BCUT2D eigenvalue weighted by Crippen LogP contribution is 2.23. The van der Waals surface area contributed by atoms with Crippen LogP contribution in [-0.2, 0) is 6.54 Å². The second-order valence-corrected chi connectivity index (χ2v) is 5.06. The molecule has 0 fully saturated rings. The van der Waals surface area contributed by atoms with Crippen LogP contribution in [0.5, 0.6) is 0 Å². The number of fused-ring (bicyclic) bond motifs is 1. The number of pyridine rings is 2. The summed E-state index contributed by atoms with van der Waals surface area (Å²) in [6.07, 6.45) is 4.57. The van der Waals surface area contributed by atoms with E-state index in [4.69, 9.17) is 5.11 Å². The van der Waals surface area contributed by atoms with E-state index in [1.807, 2.05) is 18.2 Å². The number of rotatable bonds is 4. The number of nitrogens with zero attached hydrogens (tertiary/aromatic N) is 2. The smallest absolute Gasteiger partial charge is 0.341 e. The standard InChI is InChI=1S/C17H14N2O4/c20-8-7-19-10-14(17(22)23)16(21)13-9-12(1-2-15(13)19)11-3-5-18-6-4-11/h1-6,9-10,20H,7-8H2,(H,22,23). The highest BCUT2D eigenvalue weighted by molar-refractivity contribution is 5.93. The molecule has 0 spiro atoms. The molecule has 3 aromatic rings. The largest absolute Gasteiger partial charge is 0.477 e. The van der Waals surface area contributed by atoms with Crippen molar-refractivity contribution in [2.45, 2.75) is 6.54 Å². The van der Waals surface area contributed by atoms with E-state index >= 15 is 0 Å². The fourth-order valence-corrected chi connectivity index (χ4v) is 2.57. The molecule has 0 atom stereocenters. The summed E-state index contributed by atoms with van der Waals surface area (Å²) in [4.78, 5) is 27.7. The molecule has 0 saturated carbocycles. The summed E-state index contributed by atoms with van der Waals surface area (Å²) in [5.41, 5.74) is 1.44. The third-order valence-electron chi connectivity index (χ3n) is 3.67. The molecule has 116 valence electrons. The molecule has 0 aliphatic heterocycles. The van der Waals surface area contributed by atoms with Crippen molar-refractivity contribution in [1.29, 1.82) is 0 Å². The van der Waals surface area contributed by atoms with Crippen LogP contribution in [0.2, 0.25) is 0 Å². The maximum absolute atomic E-state index is 12.4. The summed E-state index contributed by atoms with van der Waals surface area (Å²) in [5.74, 6) is -1.28. The normalized spacial score (nSPS) is 10.8. The minimum atomic E-state index is -1.28. The summed E-state index contributed by atoms with van der Waals surface area (Å²) < 4.78 is 1.58. The zero-order valence-corrected chi connectivity index (χ0v) is 12.1. The van der Waals surface area contributed by atoms with Gasteiger partial charge in [-0.2, -0.15) is 0 Å². The van der Waals surface area contributed by atoms with Crippen molar-refractivity contribution < 1.29 is 15.0 Å². The van der Waals surface area contributed by atoms with Crippen LogP contribution in [0.1, 0.15) is 10.4 Å². The van der Waals surface area contributed by atoms with Crippen molar-refractivity contribution in [3.8, 4) is 11.1 Å². The van der Waals surface area contributed by atoms with E-state index in [9.17, 15) is 14.7 Å². The van der Waals surface area contributed by atoms with Crippen molar-refractivity contribution in [3.63, 3.8) is 0 Å². The van der Waals surface area contributed by atoms with E-state index in [2.05, 4.69) is 4.98 Å². The predicted molar refractivity (Wildman–Crippen MR) is 85.5 cm³/mol. The molecule has 0 aliphatic carbocycles. The number of aliphatic hydroxyl groups is 1. The minimum Gasteiger partial charge on any atom is -0.477 e. The van der Waals surface area contributed by atoms with Crippen LogP contribution in [0.25, 0.3) is 22.0 Å². The summed E-state index contributed by atoms with van der Waals surface area (Å²) in [7, 11) is 0. The molecule has 6 nitrogen and oxygen atoms in total. The zero-order chi connectivity index (χ0) is 16.4. The van der Waals surface area contributed by atoms with Gasteiger partial charge in [0.2, 0.25) is 5.43 Å². The van der Waals surface area contributed by atoms with Crippen molar-refractivity contribution in [1.82, 2.24) is 9.55 Å². The SMILES string of the molecule is O=C(O)c1cn(CCO)c2ccc(-c3ccncc3)cc2c1=O. The van der Waals surface area contributed by atoms with Gasteiger partial charge in [-0.25, -0.2) is 4.79 Å². The van der Waals surface area contributed by atoms with E-state index in [-0.39, 0.29) is 18.7 Å². The van der Waals surface area contributed by atoms with E-state index < -0.39 is 11.4 Å². The molecule has 0 bridgehead atoms. The first-order valence-corrected chi connectivity index (χ1v) is 7.03. The Hall–Kier alpha value is -2.99. The Morgan fingerprint density at radius 2 is 1.87 bits per heavy atom. The zero-order valence-electron chi connectivity index (χ0n) is 12.1. The molecular weight excluding hydrogens is 296 g/mol. The van der Waals surface area contributed by atoms with Gasteiger partial charge in [0, 0.05) is 30.5 Å². The Bertz CT molecular complexity index is 932. The Balaban J connectivity index is 2.31. The van der Waals surface area contributed by atoms with Crippen molar-refractivity contribution >= 4 is 16.9 Å². The van der Waals surface area contributed by atoms with Gasteiger partial charge in [-0.3, -0.25) is 9.78 Å². The predicted octanol–water partition coefficient (Wildman–Crippen LogP) is 1.75. The molecule has 23 heavy (non-hydrogen) atoms. The maximum Gasteiger partial charge on any atom is 0.341 e. The average Bonchev–Trinajstić information content (AvgIpc) is 2.57. The third-order valence-corrected chi connectivity index (χ3v) is 3.67. The number of aromatic carboxylic acids is 1. The van der Waals surface area contributed by atoms with Gasteiger partial charge in [0.25, 0.3) is 0 Å². The lowest BCUT2D eigenvalue weighted by Crippen LogP contribution is -2.19. The lowest BCUT2D eigenvalue weighted by atomic mass is 10.0. The molecule has 1 aromatic carbocycles. The van der Waals surface area contributed by atoms with Crippen molar-refractivity contribution in [2.24, 2.45) is 0 Å². The average molecular weight is 310 g/mol. The summed E-state index contributed by atoms with van der Waals surface area (Å²) in [6, 6.07) is 8.91. The van der Waals surface area contributed by atoms with E-state index in [0.29, 0.717) is 10.9 Å². The Morgan fingerprint density at radius 1 is 1.13 bits per heavy atom. The second kappa shape index (κ2) is 6.02. The molecule has 0 amide bonds. The van der Waals surface area contributed by atoms with E-state index in [0.717, 1.165) is 11.1 Å². The molecule has 0 radical (unpaired) electrons. The van der Waals surface area contributed by atoms with Crippen LogP contribution in [-0.4, -0.2) is 32.3 Å². The van der Waals surface area contributed by atoms with Crippen molar-refractivity contribution in [2.75, 3.05) is 6.61 Å². The van der Waals surface area contributed by atoms with Gasteiger partial charge in [0.1, 0.15) is 5.56 Å². The van der Waals surface area contributed by atoms with Gasteiger partial charge in [-0.1, -0.05) is 6.07 Å². The molecule has 0 unspecified atom stereocenters. The number of carboxylic acids is 1. The Kier molecular flexibility index (Phi) is 3.91. The quantitative estimate of drug-likeness (QED) is 0.766. The van der Waals surface area contributed by atoms with Gasteiger partial charge in [-0.15, -0.1) is 0 Å².